The zero-order chi connectivity index (χ0) is 14.8. The summed E-state index contributed by atoms with van der Waals surface area (Å²) in [6.45, 7) is 3.25. The molecule has 2 aromatic heterocycles. The molecule has 3 heterocycles. The van der Waals surface area contributed by atoms with Gasteiger partial charge in [-0.25, -0.2) is 0 Å². The summed E-state index contributed by atoms with van der Waals surface area (Å²) in [6.07, 6.45) is 2.38. The number of hydrogen-bond acceptors (Lipinski definition) is 5. The highest BCUT2D eigenvalue weighted by Gasteiger charge is 2.21. The first-order chi connectivity index (χ1) is 10.9. The van der Waals surface area contributed by atoms with Crippen molar-refractivity contribution in [1.29, 1.82) is 0 Å². The second kappa shape index (κ2) is 6.10. The average molecular weight is 313 g/mol. The van der Waals surface area contributed by atoms with Gasteiger partial charge in [0.05, 0.1) is 0 Å². The van der Waals surface area contributed by atoms with Gasteiger partial charge in [-0.2, -0.15) is 4.98 Å². The number of piperidine rings is 1. The van der Waals surface area contributed by atoms with Gasteiger partial charge in [-0.15, -0.1) is 11.3 Å². The van der Waals surface area contributed by atoms with Gasteiger partial charge in [-0.05, 0) is 43.0 Å². The van der Waals surface area contributed by atoms with Crippen molar-refractivity contribution < 1.29 is 4.42 Å². The summed E-state index contributed by atoms with van der Waals surface area (Å²) < 4.78 is 5.77. The zero-order valence-corrected chi connectivity index (χ0v) is 13.2. The molecule has 5 heteroatoms. The molecule has 0 aliphatic carbocycles. The molecular formula is C17H19N3OS. The molecule has 0 amide bonds. The molecule has 3 aromatic rings. The lowest BCUT2D eigenvalue weighted by Gasteiger charge is -2.32. The Morgan fingerprint density at radius 1 is 1.27 bits per heavy atom. The molecule has 1 aliphatic heterocycles. The highest BCUT2D eigenvalue weighted by molar-refractivity contribution is 7.09. The van der Waals surface area contributed by atoms with Crippen molar-refractivity contribution in [3.63, 3.8) is 0 Å². The maximum absolute atomic E-state index is 5.77. The number of rotatable bonds is 4. The molecule has 0 radical (unpaired) electrons. The van der Waals surface area contributed by atoms with Crippen LogP contribution in [-0.4, -0.2) is 29.0 Å². The fourth-order valence-corrected chi connectivity index (χ4v) is 3.79. The van der Waals surface area contributed by atoms with Crippen LogP contribution in [0.4, 0.5) is 6.01 Å². The van der Waals surface area contributed by atoms with Gasteiger partial charge in [0.15, 0.2) is 5.58 Å². The van der Waals surface area contributed by atoms with Crippen molar-refractivity contribution in [1.82, 2.24) is 9.88 Å². The zero-order valence-electron chi connectivity index (χ0n) is 12.4. The van der Waals surface area contributed by atoms with E-state index in [4.69, 9.17) is 4.42 Å². The Kier molecular flexibility index (Phi) is 3.83. The Morgan fingerprint density at radius 2 is 2.23 bits per heavy atom. The van der Waals surface area contributed by atoms with E-state index in [1.54, 1.807) is 0 Å². The molecule has 1 aliphatic rings. The second-order valence-corrected chi connectivity index (χ2v) is 6.82. The molecule has 1 saturated heterocycles. The van der Waals surface area contributed by atoms with E-state index >= 15 is 0 Å². The summed E-state index contributed by atoms with van der Waals surface area (Å²) in [5.41, 5.74) is 1.76. The number of benzene rings is 1. The summed E-state index contributed by atoms with van der Waals surface area (Å²) in [6, 6.07) is 13.3. The molecule has 1 fully saturated rings. The first kappa shape index (κ1) is 13.8. The molecule has 114 valence electrons. The van der Waals surface area contributed by atoms with Crippen LogP contribution in [0.3, 0.4) is 0 Å². The predicted octanol–water partition coefficient (Wildman–Crippen LogP) is 3.97. The van der Waals surface area contributed by atoms with E-state index in [0.29, 0.717) is 12.1 Å². The Labute approximate surface area is 133 Å². The Morgan fingerprint density at radius 3 is 3.09 bits per heavy atom. The lowest BCUT2D eigenvalue weighted by Crippen LogP contribution is -2.41. The van der Waals surface area contributed by atoms with Crippen molar-refractivity contribution in [2.24, 2.45) is 0 Å². The smallest absolute Gasteiger partial charge is 0.295 e. The van der Waals surface area contributed by atoms with Crippen LogP contribution < -0.4 is 5.32 Å². The number of nitrogens with zero attached hydrogens (tertiary/aromatic N) is 2. The number of aromatic nitrogens is 1. The van der Waals surface area contributed by atoms with Crippen LogP contribution in [0.25, 0.3) is 11.1 Å². The maximum Gasteiger partial charge on any atom is 0.295 e. The highest BCUT2D eigenvalue weighted by atomic mass is 32.1. The van der Waals surface area contributed by atoms with Gasteiger partial charge in [0.2, 0.25) is 0 Å². The molecule has 1 atom stereocenters. The quantitative estimate of drug-likeness (QED) is 0.791. The summed E-state index contributed by atoms with van der Waals surface area (Å²) in [7, 11) is 0. The van der Waals surface area contributed by atoms with E-state index in [9.17, 15) is 0 Å². The van der Waals surface area contributed by atoms with Crippen molar-refractivity contribution in [2.75, 3.05) is 18.4 Å². The predicted molar refractivity (Wildman–Crippen MR) is 90.2 cm³/mol. The topological polar surface area (TPSA) is 41.3 Å². The first-order valence-electron chi connectivity index (χ1n) is 7.74. The fraction of sp³-hybridized carbons (Fsp3) is 0.353. The van der Waals surface area contributed by atoms with E-state index in [1.807, 2.05) is 35.6 Å². The molecule has 0 saturated carbocycles. The minimum Gasteiger partial charge on any atom is -0.424 e. The highest BCUT2D eigenvalue weighted by Crippen LogP contribution is 2.22. The molecular weight excluding hydrogens is 294 g/mol. The molecule has 0 bridgehead atoms. The van der Waals surface area contributed by atoms with Crippen LogP contribution in [0.2, 0.25) is 0 Å². The number of hydrogen-bond donors (Lipinski definition) is 1. The molecule has 4 rings (SSSR count). The summed E-state index contributed by atoms with van der Waals surface area (Å²) in [5, 5.41) is 5.61. The van der Waals surface area contributed by atoms with Crippen LogP contribution in [0, 0.1) is 0 Å². The second-order valence-electron chi connectivity index (χ2n) is 5.78. The van der Waals surface area contributed by atoms with Crippen LogP contribution >= 0.6 is 11.3 Å². The molecule has 0 spiro atoms. The minimum absolute atomic E-state index is 0.404. The third-order valence-electron chi connectivity index (χ3n) is 4.09. The van der Waals surface area contributed by atoms with E-state index in [-0.39, 0.29) is 0 Å². The maximum atomic E-state index is 5.77. The Hall–Kier alpha value is -1.85. The number of fused-ring (bicyclic) bond motifs is 1. The van der Waals surface area contributed by atoms with Crippen molar-refractivity contribution in [3.05, 3.63) is 46.7 Å². The number of likely N-dealkylation sites (tertiary alicyclic amines) is 1. The van der Waals surface area contributed by atoms with Gasteiger partial charge in [0.1, 0.15) is 5.52 Å². The van der Waals surface area contributed by atoms with Crippen molar-refractivity contribution >= 4 is 28.5 Å². The molecule has 22 heavy (non-hydrogen) atoms. The Bertz CT molecular complexity index is 704. The van der Waals surface area contributed by atoms with Gasteiger partial charge in [-0.1, -0.05) is 18.2 Å². The van der Waals surface area contributed by atoms with Crippen LogP contribution in [-0.2, 0) is 6.54 Å². The van der Waals surface area contributed by atoms with E-state index in [0.717, 1.165) is 24.2 Å². The van der Waals surface area contributed by atoms with Gasteiger partial charge in [0, 0.05) is 24.0 Å². The van der Waals surface area contributed by atoms with Gasteiger partial charge in [-0.3, -0.25) is 4.90 Å². The SMILES string of the molecule is c1csc(CN2CCCC(Nc3nc4ccccc4o3)C2)c1. The average Bonchev–Trinajstić information content (AvgIpc) is 3.16. The number of para-hydroxylation sites is 2. The standard InChI is InChI=1S/C17H19N3OS/c1-2-8-16-15(7-1)19-17(21-16)18-13-5-3-9-20(11-13)12-14-6-4-10-22-14/h1-2,4,6-8,10,13H,3,5,9,11-12H2,(H,18,19). The molecule has 1 aromatic carbocycles. The molecule has 1 unspecified atom stereocenters. The Balaban J connectivity index is 1.41. The number of nitrogens with one attached hydrogen (secondary N) is 1. The number of thiophene rings is 1. The van der Waals surface area contributed by atoms with E-state index in [1.165, 1.54) is 24.3 Å². The fourth-order valence-electron chi connectivity index (χ4n) is 3.05. The third-order valence-corrected chi connectivity index (χ3v) is 4.95. The van der Waals surface area contributed by atoms with Crippen LogP contribution in [0.5, 0.6) is 0 Å². The molecule has 1 N–H and O–H groups in total. The van der Waals surface area contributed by atoms with Gasteiger partial charge in [0.25, 0.3) is 6.01 Å². The largest absolute Gasteiger partial charge is 0.424 e. The van der Waals surface area contributed by atoms with Crippen molar-refractivity contribution in [2.45, 2.75) is 25.4 Å². The number of oxazole rings is 1. The van der Waals surface area contributed by atoms with Gasteiger partial charge < -0.3 is 9.73 Å². The lowest BCUT2D eigenvalue weighted by molar-refractivity contribution is 0.209. The van der Waals surface area contributed by atoms with Crippen LogP contribution in [0.1, 0.15) is 17.7 Å². The lowest BCUT2D eigenvalue weighted by atomic mass is 10.1. The summed E-state index contributed by atoms with van der Waals surface area (Å²) in [4.78, 5) is 8.46. The van der Waals surface area contributed by atoms with E-state index in [2.05, 4.69) is 32.7 Å². The van der Waals surface area contributed by atoms with Crippen LogP contribution in [0.15, 0.2) is 46.2 Å². The van der Waals surface area contributed by atoms with E-state index < -0.39 is 0 Å². The monoisotopic (exact) mass is 313 g/mol. The van der Waals surface area contributed by atoms with Gasteiger partial charge >= 0.3 is 0 Å². The first-order valence-corrected chi connectivity index (χ1v) is 8.62. The number of anilines is 1. The molecule has 4 nitrogen and oxygen atoms in total. The third kappa shape index (κ3) is 3.00. The summed E-state index contributed by atoms with van der Waals surface area (Å²) >= 11 is 1.83. The normalized spacial score (nSPS) is 19.5. The minimum atomic E-state index is 0.404. The van der Waals surface area contributed by atoms with Crippen molar-refractivity contribution in [3.8, 4) is 0 Å². The summed E-state index contributed by atoms with van der Waals surface area (Å²) in [5.74, 6) is 0.